The van der Waals surface area contributed by atoms with Crippen LogP contribution in [0.4, 0.5) is 13.2 Å². The molecule has 1 aliphatic carbocycles. The third-order valence-electron chi connectivity index (χ3n) is 4.63. The summed E-state index contributed by atoms with van der Waals surface area (Å²) in [6.45, 7) is 3.73. The van der Waals surface area contributed by atoms with Crippen molar-refractivity contribution in [3.05, 3.63) is 46.4 Å². The summed E-state index contributed by atoms with van der Waals surface area (Å²) in [4.78, 5) is 24.9. The Hall–Kier alpha value is -2.62. The Balaban J connectivity index is 2.22. The second kappa shape index (κ2) is 5.73. The molecule has 2 unspecified atom stereocenters. The smallest absolute Gasteiger partial charge is 0.242 e. The summed E-state index contributed by atoms with van der Waals surface area (Å²) in [6.07, 6.45) is 0.573. The van der Waals surface area contributed by atoms with E-state index < -0.39 is 35.2 Å². The van der Waals surface area contributed by atoms with Gasteiger partial charge in [0, 0.05) is 23.6 Å². The average molecular weight is 348 g/mol. The first-order valence-electron chi connectivity index (χ1n) is 7.76. The predicted octanol–water partition coefficient (Wildman–Crippen LogP) is 3.10. The van der Waals surface area contributed by atoms with Gasteiger partial charge in [0.1, 0.15) is 5.92 Å². The van der Waals surface area contributed by atoms with Crippen LogP contribution in [0.3, 0.4) is 0 Å². The van der Waals surface area contributed by atoms with Crippen LogP contribution in [0.1, 0.15) is 38.2 Å². The maximum Gasteiger partial charge on any atom is 0.242 e. The number of hydrogen-bond acceptors (Lipinski definition) is 3. The number of nitrogens with zero attached hydrogens (tertiary/aromatic N) is 1. The second-order valence-electron chi connectivity index (χ2n) is 7.21. The molecule has 25 heavy (non-hydrogen) atoms. The van der Waals surface area contributed by atoms with Crippen molar-refractivity contribution in [2.75, 3.05) is 0 Å². The standard InChI is InChI=1S/C18H15F3N2O2/c1-18(2)5-12-15(13(24)6-18)14(9(7-22)17(25)23-12)8-3-10(19)16(21)11(20)4-8/h3-4,9,14H,5-6H2,1-2H3,(H,23,25). The third kappa shape index (κ3) is 2.82. The highest BCUT2D eigenvalue weighted by atomic mass is 19.2. The molecule has 1 amide bonds. The van der Waals surface area contributed by atoms with E-state index in [-0.39, 0.29) is 28.8 Å². The van der Waals surface area contributed by atoms with Crippen LogP contribution in [-0.2, 0) is 9.59 Å². The molecule has 1 N–H and O–H groups in total. The molecule has 4 nitrogen and oxygen atoms in total. The number of allylic oxidation sites excluding steroid dienone is 2. The topological polar surface area (TPSA) is 70.0 Å². The van der Waals surface area contributed by atoms with Gasteiger partial charge in [-0.25, -0.2) is 13.2 Å². The van der Waals surface area contributed by atoms with E-state index in [1.165, 1.54) is 0 Å². The van der Waals surface area contributed by atoms with Gasteiger partial charge in [0.05, 0.1) is 6.07 Å². The van der Waals surface area contributed by atoms with Gasteiger partial charge in [-0.3, -0.25) is 9.59 Å². The van der Waals surface area contributed by atoms with Crippen LogP contribution in [-0.4, -0.2) is 11.7 Å². The van der Waals surface area contributed by atoms with Crippen molar-refractivity contribution < 1.29 is 22.8 Å². The molecular formula is C18H15F3N2O2. The van der Waals surface area contributed by atoms with Gasteiger partial charge in [-0.1, -0.05) is 13.8 Å². The largest absolute Gasteiger partial charge is 0.328 e. The van der Waals surface area contributed by atoms with Gasteiger partial charge >= 0.3 is 0 Å². The van der Waals surface area contributed by atoms with Gasteiger partial charge in [0.2, 0.25) is 5.91 Å². The number of carbonyl (C=O) groups is 2. The van der Waals surface area contributed by atoms with E-state index in [4.69, 9.17) is 0 Å². The zero-order valence-corrected chi connectivity index (χ0v) is 13.6. The van der Waals surface area contributed by atoms with Gasteiger partial charge in [-0.2, -0.15) is 5.26 Å². The van der Waals surface area contributed by atoms with Crippen molar-refractivity contribution >= 4 is 11.7 Å². The first-order valence-corrected chi connectivity index (χ1v) is 7.76. The third-order valence-corrected chi connectivity index (χ3v) is 4.63. The van der Waals surface area contributed by atoms with Crippen molar-refractivity contribution in [3.63, 3.8) is 0 Å². The number of carbonyl (C=O) groups excluding carboxylic acids is 2. The Labute approximate surface area is 142 Å². The maximum absolute atomic E-state index is 13.7. The Kier molecular flexibility index (Phi) is 3.94. The quantitative estimate of drug-likeness (QED) is 0.793. The van der Waals surface area contributed by atoms with Crippen LogP contribution in [0.2, 0.25) is 0 Å². The first-order chi connectivity index (χ1) is 11.6. The van der Waals surface area contributed by atoms with Crippen LogP contribution in [0, 0.1) is 40.1 Å². The molecule has 1 heterocycles. The van der Waals surface area contributed by atoms with E-state index >= 15 is 0 Å². The number of nitrogens with one attached hydrogen (secondary N) is 1. The molecule has 1 aromatic rings. The fraction of sp³-hybridized carbons (Fsp3) is 0.389. The van der Waals surface area contributed by atoms with E-state index in [1.54, 1.807) is 6.07 Å². The lowest BCUT2D eigenvalue weighted by molar-refractivity contribution is -0.125. The van der Waals surface area contributed by atoms with Crippen molar-refractivity contribution in [2.24, 2.45) is 11.3 Å². The Bertz CT molecular complexity index is 845. The molecule has 0 aromatic heterocycles. The summed E-state index contributed by atoms with van der Waals surface area (Å²) in [5, 5.41) is 11.9. The Morgan fingerprint density at radius 1 is 1.16 bits per heavy atom. The highest BCUT2D eigenvalue weighted by molar-refractivity contribution is 6.03. The molecular weight excluding hydrogens is 333 g/mol. The minimum Gasteiger partial charge on any atom is -0.328 e. The summed E-state index contributed by atoms with van der Waals surface area (Å²) in [6, 6.07) is 3.27. The Morgan fingerprint density at radius 2 is 1.76 bits per heavy atom. The summed E-state index contributed by atoms with van der Waals surface area (Å²) >= 11 is 0. The normalized spacial score (nSPS) is 25.3. The van der Waals surface area contributed by atoms with Crippen molar-refractivity contribution in [2.45, 2.75) is 32.6 Å². The molecule has 0 radical (unpaired) electrons. The maximum atomic E-state index is 13.7. The van der Waals surface area contributed by atoms with E-state index in [2.05, 4.69) is 5.32 Å². The zero-order valence-electron chi connectivity index (χ0n) is 13.6. The molecule has 0 saturated carbocycles. The van der Waals surface area contributed by atoms with E-state index in [0.29, 0.717) is 12.1 Å². The van der Waals surface area contributed by atoms with Crippen LogP contribution in [0.5, 0.6) is 0 Å². The molecule has 3 rings (SSSR count). The van der Waals surface area contributed by atoms with Gasteiger partial charge in [0.25, 0.3) is 0 Å². The number of Topliss-reactive ketones (excluding diaryl/α,β-unsaturated/α-hetero) is 1. The van der Waals surface area contributed by atoms with Crippen LogP contribution >= 0.6 is 0 Å². The van der Waals surface area contributed by atoms with Gasteiger partial charge in [-0.05, 0) is 29.5 Å². The number of benzene rings is 1. The van der Waals surface area contributed by atoms with E-state index in [1.807, 2.05) is 13.8 Å². The second-order valence-corrected chi connectivity index (χ2v) is 7.21. The minimum absolute atomic E-state index is 0.0987. The van der Waals surface area contributed by atoms with Crippen LogP contribution in [0.25, 0.3) is 0 Å². The summed E-state index contributed by atoms with van der Waals surface area (Å²) in [5.41, 5.74) is 0.0640. The SMILES string of the molecule is CC1(C)CC(=O)C2=C(C1)NC(=O)C(C#N)C2c1cc(F)c(F)c(F)c1. The monoisotopic (exact) mass is 348 g/mol. The highest BCUT2D eigenvalue weighted by Crippen LogP contribution is 2.46. The number of amides is 1. The van der Waals surface area contributed by atoms with Gasteiger partial charge in [-0.15, -0.1) is 0 Å². The number of rotatable bonds is 1. The summed E-state index contributed by atoms with van der Waals surface area (Å²) in [7, 11) is 0. The number of halogens is 3. The van der Waals surface area contributed by atoms with E-state index in [0.717, 1.165) is 12.1 Å². The predicted molar refractivity (Wildman–Crippen MR) is 81.4 cm³/mol. The van der Waals surface area contributed by atoms with E-state index in [9.17, 15) is 28.0 Å². The molecule has 1 aliphatic heterocycles. The van der Waals surface area contributed by atoms with Crippen molar-refractivity contribution in [1.29, 1.82) is 5.26 Å². The Morgan fingerprint density at radius 3 is 2.32 bits per heavy atom. The van der Waals surface area contributed by atoms with Crippen molar-refractivity contribution in [3.8, 4) is 6.07 Å². The molecule has 0 saturated heterocycles. The number of ketones is 1. The van der Waals surface area contributed by atoms with Crippen molar-refractivity contribution in [1.82, 2.24) is 5.32 Å². The molecule has 1 aromatic carbocycles. The molecule has 130 valence electrons. The molecule has 2 atom stereocenters. The minimum atomic E-state index is -1.64. The summed E-state index contributed by atoms with van der Waals surface area (Å²) < 4.78 is 40.6. The number of hydrogen-bond donors (Lipinski definition) is 1. The highest BCUT2D eigenvalue weighted by Gasteiger charge is 2.46. The lowest BCUT2D eigenvalue weighted by atomic mass is 9.67. The molecule has 2 aliphatic rings. The molecule has 0 fully saturated rings. The first kappa shape index (κ1) is 17.2. The van der Waals surface area contributed by atoms with Gasteiger partial charge in [0.15, 0.2) is 23.2 Å². The fourth-order valence-corrected chi connectivity index (χ4v) is 3.60. The zero-order chi connectivity index (χ0) is 18.5. The van der Waals surface area contributed by atoms with Gasteiger partial charge < -0.3 is 5.32 Å². The number of nitriles is 1. The molecule has 7 heteroatoms. The fourth-order valence-electron chi connectivity index (χ4n) is 3.60. The summed E-state index contributed by atoms with van der Waals surface area (Å²) in [5.74, 6) is -7.87. The average Bonchev–Trinajstić information content (AvgIpc) is 2.49. The van der Waals surface area contributed by atoms with Crippen LogP contribution in [0.15, 0.2) is 23.4 Å². The molecule has 0 spiro atoms. The molecule has 0 bridgehead atoms. The van der Waals surface area contributed by atoms with Crippen LogP contribution < -0.4 is 5.32 Å². The lowest BCUT2D eigenvalue weighted by Crippen LogP contribution is -2.45. The lowest BCUT2D eigenvalue weighted by Gasteiger charge is -2.39.